The van der Waals surface area contributed by atoms with E-state index in [4.69, 9.17) is 4.74 Å². The van der Waals surface area contributed by atoms with Gasteiger partial charge in [0.1, 0.15) is 5.75 Å². The van der Waals surface area contributed by atoms with Crippen LogP contribution in [0.25, 0.3) is 0 Å². The number of pyridine rings is 1. The van der Waals surface area contributed by atoms with E-state index in [2.05, 4.69) is 31.1 Å². The van der Waals surface area contributed by atoms with Crippen molar-refractivity contribution in [3.05, 3.63) is 54.2 Å². The van der Waals surface area contributed by atoms with Crippen molar-refractivity contribution in [1.29, 1.82) is 0 Å². The Balaban J connectivity index is 1.83. The van der Waals surface area contributed by atoms with E-state index in [1.807, 2.05) is 30.3 Å². The van der Waals surface area contributed by atoms with E-state index in [0.29, 0.717) is 23.4 Å². The normalized spacial score (nSPS) is 11.1. The largest absolute Gasteiger partial charge is 0.439 e. The molecule has 4 nitrogen and oxygen atoms in total. The molecule has 0 bridgehead atoms. The molecule has 0 atom stereocenters. The van der Waals surface area contributed by atoms with Gasteiger partial charge in [0.15, 0.2) is 0 Å². The SMILES string of the molecule is CC(C)(C)CCCNC(=O)c1ccc(Oc2ccccc2)nc1. The number of nitrogens with zero attached hydrogens (tertiary/aromatic N) is 1. The Morgan fingerprint density at radius 2 is 1.87 bits per heavy atom. The number of rotatable bonds is 6. The summed E-state index contributed by atoms with van der Waals surface area (Å²) in [7, 11) is 0. The Morgan fingerprint density at radius 1 is 1.13 bits per heavy atom. The predicted octanol–water partition coefficient (Wildman–Crippen LogP) is 4.43. The molecule has 0 aliphatic carbocycles. The molecule has 0 saturated carbocycles. The average Bonchev–Trinajstić information content (AvgIpc) is 2.52. The molecule has 2 rings (SSSR count). The molecule has 0 unspecified atom stereocenters. The maximum absolute atomic E-state index is 12.0. The summed E-state index contributed by atoms with van der Waals surface area (Å²) in [5.74, 6) is 1.09. The average molecular weight is 312 g/mol. The number of ether oxygens (including phenoxy) is 1. The number of para-hydroxylation sites is 1. The second-order valence-electron chi connectivity index (χ2n) is 6.72. The minimum absolute atomic E-state index is 0.0994. The third-order valence-electron chi connectivity index (χ3n) is 3.35. The van der Waals surface area contributed by atoms with Gasteiger partial charge in [0.05, 0.1) is 5.56 Å². The highest BCUT2D eigenvalue weighted by Crippen LogP contribution is 2.20. The van der Waals surface area contributed by atoms with Crippen molar-refractivity contribution in [3.8, 4) is 11.6 Å². The van der Waals surface area contributed by atoms with Gasteiger partial charge in [-0.15, -0.1) is 0 Å². The van der Waals surface area contributed by atoms with Gasteiger partial charge in [-0.3, -0.25) is 4.79 Å². The zero-order chi connectivity index (χ0) is 16.7. The molecule has 1 aromatic heterocycles. The fourth-order valence-electron chi connectivity index (χ4n) is 2.11. The van der Waals surface area contributed by atoms with E-state index in [9.17, 15) is 4.79 Å². The fourth-order valence-corrected chi connectivity index (χ4v) is 2.11. The second kappa shape index (κ2) is 7.77. The lowest BCUT2D eigenvalue weighted by molar-refractivity contribution is 0.0951. The van der Waals surface area contributed by atoms with Crippen molar-refractivity contribution in [2.24, 2.45) is 5.41 Å². The molecule has 1 amide bonds. The van der Waals surface area contributed by atoms with Gasteiger partial charge in [-0.25, -0.2) is 4.98 Å². The quantitative estimate of drug-likeness (QED) is 0.803. The number of benzene rings is 1. The Labute approximate surface area is 137 Å². The highest BCUT2D eigenvalue weighted by atomic mass is 16.5. The lowest BCUT2D eigenvalue weighted by Gasteiger charge is -2.17. The molecule has 0 aliphatic heterocycles. The summed E-state index contributed by atoms with van der Waals surface area (Å²) in [5, 5.41) is 2.92. The summed E-state index contributed by atoms with van der Waals surface area (Å²) in [6.45, 7) is 7.27. The van der Waals surface area contributed by atoms with E-state index in [1.54, 1.807) is 12.1 Å². The summed E-state index contributed by atoms with van der Waals surface area (Å²) in [6, 6.07) is 12.9. The minimum Gasteiger partial charge on any atom is -0.439 e. The molecule has 0 saturated heterocycles. The summed E-state index contributed by atoms with van der Waals surface area (Å²) in [6.07, 6.45) is 3.59. The molecule has 1 N–H and O–H groups in total. The van der Waals surface area contributed by atoms with E-state index in [-0.39, 0.29) is 5.91 Å². The molecular formula is C19H24N2O2. The Bertz CT molecular complexity index is 616. The van der Waals surface area contributed by atoms with Crippen molar-refractivity contribution in [1.82, 2.24) is 10.3 Å². The fraction of sp³-hybridized carbons (Fsp3) is 0.368. The van der Waals surface area contributed by atoms with Gasteiger partial charge in [0.2, 0.25) is 5.88 Å². The smallest absolute Gasteiger partial charge is 0.252 e. The first-order valence-electron chi connectivity index (χ1n) is 7.91. The van der Waals surface area contributed by atoms with Crippen molar-refractivity contribution in [2.75, 3.05) is 6.54 Å². The molecule has 23 heavy (non-hydrogen) atoms. The maximum Gasteiger partial charge on any atom is 0.252 e. The van der Waals surface area contributed by atoms with Crippen LogP contribution in [0.4, 0.5) is 0 Å². The maximum atomic E-state index is 12.0. The van der Waals surface area contributed by atoms with Crippen molar-refractivity contribution in [2.45, 2.75) is 33.6 Å². The zero-order valence-electron chi connectivity index (χ0n) is 14.0. The van der Waals surface area contributed by atoms with E-state index < -0.39 is 0 Å². The first-order valence-corrected chi connectivity index (χ1v) is 7.91. The van der Waals surface area contributed by atoms with Crippen LogP contribution in [0, 0.1) is 5.41 Å². The van der Waals surface area contributed by atoms with E-state index in [0.717, 1.165) is 18.6 Å². The van der Waals surface area contributed by atoms with Crippen LogP contribution in [0.3, 0.4) is 0 Å². The highest BCUT2D eigenvalue weighted by Gasteiger charge is 2.10. The molecule has 2 aromatic rings. The van der Waals surface area contributed by atoms with Gasteiger partial charge in [0, 0.05) is 18.8 Å². The van der Waals surface area contributed by atoms with E-state index >= 15 is 0 Å². The van der Waals surface area contributed by atoms with Crippen LogP contribution in [0.1, 0.15) is 44.0 Å². The lowest BCUT2D eigenvalue weighted by atomic mass is 9.91. The molecule has 0 aliphatic rings. The van der Waals surface area contributed by atoms with Crippen LogP contribution in [0.2, 0.25) is 0 Å². The third-order valence-corrected chi connectivity index (χ3v) is 3.35. The summed E-state index contributed by atoms with van der Waals surface area (Å²) >= 11 is 0. The standard InChI is InChI=1S/C19H24N2O2/c1-19(2,3)12-7-13-20-18(22)15-10-11-17(21-14-15)23-16-8-5-4-6-9-16/h4-6,8-11,14H,7,12-13H2,1-3H3,(H,20,22). The number of amides is 1. The first-order chi connectivity index (χ1) is 10.9. The topological polar surface area (TPSA) is 51.2 Å². The second-order valence-corrected chi connectivity index (χ2v) is 6.72. The Hall–Kier alpha value is -2.36. The minimum atomic E-state index is -0.0994. The molecule has 0 fully saturated rings. The number of nitrogens with one attached hydrogen (secondary N) is 1. The van der Waals surface area contributed by atoms with Gasteiger partial charge < -0.3 is 10.1 Å². The van der Waals surface area contributed by atoms with Crippen molar-refractivity contribution >= 4 is 5.91 Å². The van der Waals surface area contributed by atoms with Crippen LogP contribution >= 0.6 is 0 Å². The van der Waals surface area contributed by atoms with Gasteiger partial charge >= 0.3 is 0 Å². The van der Waals surface area contributed by atoms with Crippen LogP contribution in [0.15, 0.2) is 48.7 Å². The number of hydrogen-bond donors (Lipinski definition) is 1. The number of aromatic nitrogens is 1. The van der Waals surface area contributed by atoms with Gasteiger partial charge in [-0.05, 0) is 36.5 Å². The van der Waals surface area contributed by atoms with Crippen LogP contribution in [-0.4, -0.2) is 17.4 Å². The van der Waals surface area contributed by atoms with E-state index in [1.165, 1.54) is 6.20 Å². The monoisotopic (exact) mass is 312 g/mol. The van der Waals surface area contributed by atoms with Gasteiger partial charge in [-0.1, -0.05) is 39.0 Å². The first kappa shape index (κ1) is 17.0. The predicted molar refractivity (Wildman–Crippen MR) is 91.8 cm³/mol. The van der Waals surface area contributed by atoms with Crippen LogP contribution in [0.5, 0.6) is 11.6 Å². The molecule has 0 radical (unpaired) electrons. The molecular weight excluding hydrogens is 288 g/mol. The molecule has 1 heterocycles. The lowest BCUT2D eigenvalue weighted by Crippen LogP contribution is -2.25. The molecule has 122 valence electrons. The van der Waals surface area contributed by atoms with Crippen molar-refractivity contribution in [3.63, 3.8) is 0 Å². The summed E-state index contributed by atoms with van der Waals surface area (Å²) in [4.78, 5) is 16.2. The Kier molecular flexibility index (Phi) is 5.74. The van der Waals surface area contributed by atoms with Crippen LogP contribution < -0.4 is 10.1 Å². The molecule has 0 spiro atoms. The molecule has 1 aromatic carbocycles. The van der Waals surface area contributed by atoms with Crippen LogP contribution in [-0.2, 0) is 0 Å². The van der Waals surface area contributed by atoms with Gasteiger partial charge in [-0.2, -0.15) is 0 Å². The summed E-state index contributed by atoms with van der Waals surface area (Å²) < 4.78 is 5.61. The number of carbonyl (C=O) groups excluding carboxylic acids is 1. The number of hydrogen-bond acceptors (Lipinski definition) is 3. The zero-order valence-corrected chi connectivity index (χ0v) is 14.0. The highest BCUT2D eigenvalue weighted by molar-refractivity contribution is 5.93. The molecule has 4 heteroatoms. The Morgan fingerprint density at radius 3 is 2.48 bits per heavy atom. The number of carbonyl (C=O) groups is 1. The third kappa shape index (κ3) is 6.10. The summed E-state index contributed by atoms with van der Waals surface area (Å²) in [5.41, 5.74) is 0.837. The van der Waals surface area contributed by atoms with Gasteiger partial charge in [0.25, 0.3) is 5.91 Å². The van der Waals surface area contributed by atoms with Crippen molar-refractivity contribution < 1.29 is 9.53 Å².